The summed E-state index contributed by atoms with van der Waals surface area (Å²) in [6.07, 6.45) is 7.98. The second-order valence-corrected chi connectivity index (χ2v) is 7.63. The summed E-state index contributed by atoms with van der Waals surface area (Å²) in [6.45, 7) is 2.60. The van der Waals surface area contributed by atoms with Crippen LogP contribution in [0.3, 0.4) is 0 Å². The highest BCUT2D eigenvalue weighted by atomic mass is 16.5. The van der Waals surface area contributed by atoms with E-state index < -0.39 is 0 Å². The molecule has 1 unspecified atom stereocenters. The minimum Gasteiger partial charge on any atom is -0.494 e. The molecule has 0 saturated carbocycles. The Morgan fingerprint density at radius 3 is 2.68 bits per heavy atom. The lowest BCUT2D eigenvalue weighted by molar-refractivity contribution is 0.417. The molecule has 0 radical (unpaired) electrons. The largest absolute Gasteiger partial charge is 0.494 e. The molecule has 1 aliphatic rings. The molecule has 7 nitrogen and oxygen atoms in total. The van der Waals surface area contributed by atoms with Crippen molar-refractivity contribution in [2.75, 3.05) is 31.6 Å². The summed E-state index contributed by atoms with van der Waals surface area (Å²) >= 11 is 0. The lowest BCUT2D eigenvalue weighted by Crippen LogP contribution is -2.52. The third kappa shape index (κ3) is 4.04. The Labute approximate surface area is 181 Å². The second kappa shape index (κ2) is 8.65. The number of piperazine rings is 1. The highest BCUT2D eigenvalue weighted by Gasteiger charge is 2.25. The molecule has 3 aromatic heterocycles. The molecule has 1 saturated heterocycles. The zero-order valence-corrected chi connectivity index (χ0v) is 17.4. The van der Waals surface area contributed by atoms with Crippen LogP contribution in [0.25, 0.3) is 22.3 Å². The van der Waals surface area contributed by atoms with Gasteiger partial charge in [-0.3, -0.25) is 9.97 Å². The maximum absolute atomic E-state index is 5.63. The average molecular weight is 412 g/mol. The van der Waals surface area contributed by atoms with Gasteiger partial charge in [0.05, 0.1) is 30.4 Å². The maximum Gasteiger partial charge on any atom is 0.162 e. The third-order valence-electron chi connectivity index (χ3n) is 5.59. The van der Waals surface area contributed by atoms with Crippen LogP contribution < -0.4 is 15.0 Å². The average Bonchev–Trinajstić information content (AvgIpc) is 2.84. The molecule has 5 rings (SSSR count). The van der Waals surface area contributed by atoms with Crippen molar-refractivity contribution in [1.82, 2.24) is 25.3 Å². The Bertz CT molecular complexity index is 1170. The first-order valence-corrected chi connectivity index (χ1v) is 10.4. The normalized spacial score (nSPS) is 16.4. The molecule has 0 aliphatic carbocycles. The maximum atomic E-state index is 5.63. The number of hydrogen-bond donors (Lipinski definition) is 1. The smallest absolute Gasteiger partial charge is 0.162 e. The predicted molar refractivity (Wildman–Crippen MR) is 121 cm³/mol. The number of methoxy groups -OCH3 is 1. The molecule has 1 N–H and O–H groups in total. The number of rotatable bonds is 5. The van der Waals surface area contributed by atoms with E-state index in [0.717, 1.165) is 48.3 Å². The van der Waals surface area contributed by atoms with E-state index in [2.05, 4.69) is 50.5 Å². The Morgan fingerprint density at radius 2 is 1.87 bits per heavy atom. The lowest BCUT2D eigenvalue weighted by atomic mass is 10.0. The fourth-order valence-corrected chi connectivity index (χ4v) is 4.10. The standard InChI is InChI=1S/C24H24N6O/c1-31-21-15-26-14-20-22(21)24(29-23(28-20)18-7-9-25-10-8-18)30-12-11-27-19(16-30)13-17-5-3-2-4-6-17/h2-10,14-15,19,27H,11-13,16H2,1H3. The molecule has 4 heterocycles. The van der Waals surface area contributed by atoms with Gasteiger partial charge in [0.2, 0.25) is 0 Å². The van der Waals surface area contributed by atoms with Gasteiger partial charge in [-0.05, 0) is 24.1 Å². The van der Waals surface area contributed by atoms with Crippen molar-refractivity contribution in [2.45, 2.75) is 12.5 Å². The fraction of sp³-hybridized carbons (Fsp3) is 0.250. The van der Waals surface area contributed by atoms with Crippen molar-refractivity contribution in [1.29, 1.82) is 0 Å². The number of nitrogens with one attached hydrogen (secondary N) is 1. The molecular formula is C24H24N6O. The topological polar surface area (TPSA) is 76.1 Å². The monoisotopic (exact) mass is 412 g/mol. The van der Waals surface area contributed by atoms with Crippen LogP contribution >= 0.6 is 0 Å². The molecule has 1 aromatic carbocycles. The highest BCUT2D eigenvalue weighted by Crippen LogP contribution is 2.34. The van der Waals surface area contributed by atoms with Crippen molar-refractivity contribution in [2.24, 2.45) is 0 Å². The predicted octanol–water partition coefficient (Wildman–Crippen LogP) is 3.12. The molecule has 0 bridgehead atoms. The quantitative estimate of drug-likeness (QED) is 0.540. The highest BCUT2D eigenvalue weighted by molar-refractivity contribution is 5.95. The molecule has 7 heteroatoms. The van der Waals surface area contributed by atoms with Crippen molar-refractivity contribution in [3.05, 3.63) is 72.8 Å². The van der Waals surface area contributed by atoms with Crippen LogP contribution in [0.15, 0.2) is 67.3 Å². The van der Waals surface area contributed by atoms with Gasteiger partial charge in [-0.25, -0.2) is 9.97 Å². The summed E-state index contributed by atoms with van der Waals surface area (Å²) in [6, 6.07) is 14.8. The van der Waals surface area contributed by atoms with Gasteiger partial charge in [-0.1, -0.05) is 30.3 Å². The molecule has 1 fully saturated rings. The van der Waals surface area contributed by atoms with Crippen LogP contribution in [0.2, 0.25) is 0 Å². The van der Waals surface area contributed by atoms with Crippen LogP contribution in [0.5, 0.6) is 5.75 Å². The minimum atomic E-state index is 0.332. The fourth-order valence-electron chi connectivity index (χ4n) is 4.10. The summed E-state index contributed by atoms with van der Waals surface area (Å²) in [5, 5.41) is 4.55. The molecule has 0 spiro atoms. The van der Waals surface area contributed by atoms with Crippen LogP contribution in [0.4, 0.5) is 5.82 Å². The van der Waals surface area contributed by atoms with Gasteiger partial charge in [-0.2, -0.15) is 0 Å². The Hall–Kier alpha value is -3.58. The molecule has 31 heavy (non-hydrogen) atoms. The summed E-state index contributed by atoms with van der Waals surface area (Å²) in [7, 11) is 1.66. The van der Waals surface area contributed by atoms with E-state index in [1.54, 1.807) is 31.9 Å². The number of anilines is 1. The van der Waals surface area contributed by atoms with Gasteiger partial charge in [0.1, 0.15) is 11.6 Å². The number of pyridine rings is 2. The summed E-state index contributed by atoms with van der Waals surface area (Å²) in [4.78, 5) is 20.5. The summed E-state index contributed by atoms with van der Waals surface area (Å²) in [5.41, 5.74) is 3.03. The van der Waals surface area contributed by atoms with Gasteiger partial charge in [-0.15, -0.1) is 0 Å². The Kier molecular flexibility index (Phi) is 5.41. The van der Waals surface area contributed by atoms with E-state index in [9.17, 15) is 0 Å². The van der Waals surface area contributed by atoms with Gasteiger partial charge in [0.25, 0.3) is 0 Å². The van der Waals surface area contributed by atoms with Crippen molar-refractivity contribution in [3.63, 3.8) is 0 Å². The van der Waals surface area contributed by atoms with Gasteiger partial charge in [0, 0.05) is 43.6 Å². The second-order valence-electron chi connectivity index (χ2n) is 7.63. The first-order valence-electron chi connectivity index (χ1n) is 10.4. The first kappa shape index (κ1) is 19.4. The molecule has 4 aromatic rings. The molecular weight excluding hydrogens is 388 g/mol. The van der Waals surface area contributed by atoms with Gasteiger partial charge in [0.15, 0.2) is 5.82 Å². The summed E-state index contributed by atoms with van der Waals surface area (Å²) in [5.74, 6) is 2.24. The number of fused-ring (bicyclic) bond motifs is 1. The summed E-state index contributed by atoms with van der Waals surface area (Å²) < 4.78 is 5.63. The number of hydrogen-bond acceptors (Lipinski definition) is 7. The van der Waals surface area contributed by atoms with E-state index in [0.29, 0.717) is 17.6 Å². The van der Waals surface area contributed by atoms with Crippen LogP contribution in [0.1, 0.15) is 5.56 Å². The van der Waals surface area contributed by atoms with E-state index in [4.69, 9.17) is 14.7 Å². The molecule has 1 atom stereocenters. The van der Waals surface area contributed by atoms with E-state index in [1.165, 1.54) is 5.56 Å². The van der Waals surface area contributed by atoms with E-state index in [1.807, 2.05) is 12.1 Å². The van der Waals surface area contributed by atoms with Crippen LogP contribution in [-0.2, 0) is 6.42 Å². The Morgan fingerprint density at radius 1 is 1.03 bits per heavy atom. The van der Waals surface area contributed by atoms with Crippen LogP contribution in [-0.4, -0.2) is 52.7 Å². The molecule has 1 aliphatic heterocycles. The number of nitrogens with zero attached hydrogens (tertiary/aromatic N) is 5. The lowest BCUT2D eigenvalue weighted by Gasteiger charge is -2.35. The van der Waals surface area contributed by atoms with E-state index in [-0.39, 0.29) is 0 Å². The Balaban J connectivity index is 1.55. The third-order valence-corrected chi connectivity index (χ3v) is 5.59. The molecule has 0 amide bonds. The number of ether oxygens (including phenoxy) is 1. The first-order chi connectivity index (χ1) is 15.3. The number of benzene rings is 1. The zero-order chi connectivity index (χ0) is 21.0. The number of aromatic nitrogens is 4. The van der Waals surface area contributed by atoms with Crippen molar-refractivity contribution < 1.29 is 4.74 Å². The van der Waals surface area contributed by atoms with Gasteiger partial charge >= 0.3 is 0 Å². The van der Waals surface area contributed by atoms with E-state index >= 15 is 0 Å². The SMILES string of the molecule is COc1cncc2nc(-c3ccncc3)nc(N3CCNC(Cc4ccccc4)C3)c12. The van der Waals surface area contributed by atoms with Crippen molar-refractivity contribution in [3.8, 4) is 17.1 Å². The van der Waals surface area contributed by atoms with Gasteiger partial charge < -0.3 is 15.0 Å². The minimum absolute atomic E-state index is 0.332. The van der Waals surface area contributed by atoms with Crippen molar-refractivity contribution >= 4 is 16.7 Å². The van der Waals surface area contributed by atoms with Crippen LogP contribution in [0, 0.1) is 0 Å². The zero-order valence-electron chi connectivity index (χ0n) is 17.4. The molecule has 156 valence electrons.